The number of primary amides is 1. The van der Waals surface area contributed by atoms with Gasteiger partial charge in [-0.25, -0.2) is 4.39 Å². The van der Waals surface area contributed by atoms with Gasteiger partial charge in [-0.2, -0.15) is 0 Å². The van der Waals surface area contributed by atoms with Crippen LogP contribution in [0.25, 0.3) is 10.9 Å². The zero-order chi connectivity index (χ0) is 11.7. The lowest BCUT2D eigenvalue weighted by atomic mass is 10.0. The molecule has 0 saturated carbocycles. The van der Waals surface area contributed by atoms with E-state index in [1.165, 1.54) is 12.3 Å². The molecule has 2 rings (SSSR count). The Balaban J connectivity index is 2.72. The molecular weight excluding hydrogens is 211 g/mol. The normalized spacial score (nSPS) is 12.6. The molecule has 3 N–H and O–H groups in total. The Bertz CT molecular complexity index is 557. The third-order valence-electron chi connectivity index (χ3n) is 2.26. The average Bonchev–Trinajstić information content (AvgIpc) is 2.26. The van der Waals surface area contributed by atoms with E-state index >= 15 is 0 Å². The van der Waals surface area contributed by atoms with E-state index in [2.05, 4.69) is 4.98 Å². The fourth-order valence-electron chi connectivity index (χ4n) is 1.54. The Hall–Kier alpha value is -2.01. The van der Waals surface area contributed by atoms with E-state index in [-0.39, 0.29) is 5.56 Å². The Labute approximate surface area is 90.5 Å². The number of carbonyl (C=O) groups is 1. The van der Waals surface area contributed by atoms with Crippen LogP contribution in [0.5, 0.6) is 0 Å². The number of hydrogen-bond donors (Lipinski definition) is 2. The summed E-state index contributed by atoms with van der Waals surface area (Å²) in [6, 6.07) is 5.62. The van der Waals surface area contributed by atoms with Crippen molar-refractivity contribution in [3.63, 3.8) is 0 Å². The number of amides is 1. The molecule has 1 aromatic heterocycles. The summed E-state index contributed by atoms with van der Waals surface area (Å²) in [5.74, 6) is -1.48. The number of aliphatic hydroxyl groups is 1. The predicted molar refractivity (Wildman–Crippen MR) is 55.9 cm³/mol. The van der Waals surface area contributed by atoms with Gasteiger partial charge in [0, 0.05) is 17.1 Å². The number of hydrogen-bond acceptors (Lipinski definition) is 3. The molecule has 0 aliphatic carbocycles. The van der Waals surface area contributed by atoms with Gasteiger partial charge in [0.1, 0.15) is 5.82 Å². The second kappa shape index (κ2) is 3.86. The Kier molecular flexibility index (Phi) is 2.54. The lowest BCUT2D eigenvalue weighted by Crippen LogP contribution is -2.21. The summed E-state index contributed by atoms with van der Waals surface area (Å²) >= 11 is 0. The molecule has 1 heterocycles. The van der Waals surface area contributed by atoms with Crippen molar-refractivity contribution < 1.29 is 14.3 Å². The van der Waals surface area contributed by atoms with Crippen molar-refractivity contribution in [2.45, 2.75) is 6.10 Å². The van der Waals surface area contributed by atoms with E-state index in [9.17, 15) is 14.3 Å². The number of pyridine rings is 1. The Morgan fingerprint density at radius 1 is 1.50 bits per heavy atom. The zero-order valence-corrected chi connectivity index (χ0v) is 8.22. The Morgan fingerprint density at radius 3 is 2.94 bits per heavy atom. The third kappa shape index (κ3) is 1.72. The first-order chi connectivity index (χ1) is 7.59. The number of benzene rings is 1. The smallest absolute Gasteiger partial charge is 0.250 e. The highest BCUT2D eigenvalue weighted by molar-refractivity contribution is 5.89. The molecule has 16 heavy (non-hydrogen) atoms. The van der Waals surface area contributed by atoms with Crippen LogP contribution >= 0.6 is 0 Å². The highest BCUT2D eigenvalue weighted by Crippen LogP contribution is 2.23. The summed E-state index contributed by atoms with van der Waals surface area (Å²) < 4.78 is 13.2. The average molecular weight is 220 g/mol. The molecular formula is C11H9FN2O2. The van der Waals surface area contributed by atoms with Crippen molar-refractivity contribution in [3.05, 3.63) is 41.8 Å². The second-order valence-electron chi connectivity index (χ2n) is 3.38. The maximum absolute atomic E-state index is 13.2. The lowest BCUT2D eigenvalue weighted by molar-refractivity contribution is -0.126. The highest BCUT2D eigenvalue weighted by atomic mass is 19.1. The molecule has 1 unspecified atom stereocenters. The molecule has 0 bridgehead atoms. The van der Waals surface area contributed by atoms with Crippen LogP contribution in [-0.2, 0) is 4.79 Å². The van der Waals surface area contributed by atoms with E-state index < -0.39 is 17.8 Å². The first-order valence-corrected chi connectivity index (χ1v) is 4.61. The topological polar surface area (TPSA) is 76.2 Å². The summed E-state index contributed by atoms with van der Waals surface area (Å²) in [7, 11) is 0. The molecule has 0 saturated heterocycles. The number of aliphatic hydroxyl groups excluding tert-OH is 1. The largest absolute Gasteiger partial charge is 0.378 e. The maximum atomic E-state index is 13.2. The van der Waals surface area contributed by atoms with E-state index in [0.717, 1.165) is 6.07 Å². The molecule has 2 aromatic rings. The van der Waals surface area contributed by atoms with Gasteiger partial charge in [0.05, 0.1) is 5.52 Å². The van der Waals surface area contributed by atoms with Crippen molar-refractivity contribution in [2.24, 2.45) is 5.73 Å². The van der Waals surface area contributed by atoms with Gasteiger partial charge in [-0.05, 0) is 18.2 Å². The quantitative estimate of drug-likeness (QED) is 0.789. The van der Waals surface area contributed by atoms with Crippen LogP contribution in [0.3, 0.4) is 0 Å². The van der Waals surface area contributed by atoms with Crippen LogP contribution in [0.15, 0.2) is 30.5 Å². The van der Waals surface area contributed by atoms with Crippen LogP contribution in [0.4, 0.5) is 4.39 Å². The molecule has 5 heteroatoms. The molecule has 0 aliphatic rings. The zero-order valence-electron chi connectivity index (χ0n) is 8.22. The van der Waals surface area contributed by atoms with Crippen LogP contribution in [-0.4, -0.2) is 16.0 Å². The SMILES string of the molecule is NC(=O)C(O)c1cc(F)cc2cccnc12. The third-order valence-corrected chi connectivity index (χ3v) is 2.26. The first-order valence-electron chi connectivity index (χ1n) is 4.61. The molecule has 0 spiro atoms. The van der Waals surface area contributed by atoms with Crippen molar-refractivity contribution in [1.82, 2.24) is 4.98 Å². The fourth-order valence-corrected chi connectivity index (χ4v) is 1.54. The predicted octanol–water partition coefficient (Wildman–Crippen LogP) is 0.893. The lowest BCUT2D eigenvalue weighted by Gasteiger charge is -2.09. The van der Waals surface area contributed by atoms with Crippen LogP contribution in [0, 0.1) is 5.82 Å². The van der Waals surface area contributed by atoms with Crippen molar-refractivity contribution >= 4 is 16.8 Å². The van der Waals surface area contributed by atoms with E-state index in [1.807, 2.05) is 0 Å². The van der Waals surface area contributed by atoms with Gasteiger partial charge in [0.2, 0.25) is 0 Å². The van der Waals surface area contributed by atoms with Crippen LogP contribution in [0.2, 0.25) is 0 Å². The number of nitrogens with two attached hydrogens (primary N) is 1. The van der Waals surface area contributed by atoms with E-state index in [1.54, 1.807) is 12.1 Å². The summed E-state index contributed by atoms with van der Waals surface area (Å²) in [5, 5.41) is 10.1. The minimum absolute atomic E-state index is 0.0862. The number of nitrogens with zero attached hydrogens (tertiary/aromatic N) is 1. The molecule has 4 nitrogen and oxygen atoms in total. The van der Waals surface area contributed by atoms with Gasteiger partial charge in [-0.15, -0.1) is 0 Å². The molecule has 1 atom stereocenters. The molecule has 0 fully saturated rings. The number of carbonyl (C=O) groups excluding carboxylic acids is 1. The van der Waals surface area contributed by atoms with Crippen molar-refractivity contribution in [1.29, 1.82) is 0 Å². The fraction of sp³-hybridized carbons (Fsp3) is 0.0909. The van der Waals surface area contributed by atoms with Gasteiger partial charge in [0.25, 0.3) is 5.91 Å². The first kappa shape index (κ1) is 10.5. The monoisotopic (exact) mass is 220 g/mol. The molecule has 1 amide bonds. The standard InChI is InChI=1S/C11H9FN2O2/c12-7-4-6-2-1-3-14-9(6)8(5-7)10(15)11(13)16/h1-5,10,15H,(H2,13,16). The number of halogens is 1. The second-order valence-corrected chi connectivity index (χ2v) is 3.38. The van der Waals surface area contributed by atoms with E-state index in [4.69, 9.17) is 5.73 Å². The number of fused-ring (bicyclic) bond motifs is 1. The highest BCUT2D eigenvalue weighted by Gasteiger charge is 2.18. The summed E-state index contributed by atoms with van der Waals surface area (Å²) in [6.07, 6.45) is -0.0506. The number of rotatable bonds is 2. The van der Waals surface area contributed by atoms with E-state index in [0.29, 0.717) is 10.9 Å². The van der Waals surface area contributed by atoms with Crippen molar-refractivity contribution in [3.8, 4) is 0 Å². The minimum Gasteiger partial charge on any atom is -0.378 e. The van der Waals surface area contributed by atoms with Gasteiger partial charge in [-0.1, -0.05) is 6.07 Å². The van der Waals surface area contributed by atoms with Crippen LogP contribution in [0.1, 0.15) is 11.7 Å². The minimum atomic E-state index is -1.55. The summed E-state index contributed by atoms with van der Waals surface area (Å²) in [4.78, 5) is 14.9. The molecule has 1 aromatic carbocycles. The Morgan fingerprint density at radius 2 is 2.25 bits per heavy atom. The number of aromatic nitrogens is 1. The van der Waals surface area contributed by atoms with Gasteiger partial charge in [0.15, 0.2) is 6.10 Å². The van der Waals surface area contributed by atoms with Crippen LogP contribution < -0.4 is 5.73 Å². The summed E-state index contributed by atoms with van der Waals surface area (Å²) in [6.45, 7) is 0. The van der Waals surface area contributed by atoms with Gasteiger partial charge in [-0.3, -0.25) is 9.78 Å². The maximum Gasteiger partial charge on any atom is 0.250 e. The molecule has 82 valence electrons. The summed E-state index contributed by atoms with van der Waals surface area (Å²) in [5.41, 5.74) is 5.43. The van der Waals surface area contributed by atoms with Gasteiger partial charge < -0.3 is 10.8 Å². The molecule has 0 radical (unpaired) electrons. The van der Waals surface area contributed by atoms with Crippen molar-refractivity contribution in [2.75, 3.05) is 0 Å². The van der Waals surface area contributed by atoms with Gasteiger partial charge >= 0.3 is 0 Å². The molecule has 0 aliphatic heterocycles.